The zero-order valence-corrected chi connectivity index (χ0v) is 15.7. The number of rotatable bonds is 5. The fourth-order valence-corrected chi connectivity index (χ4v) is 2.98. The second-order valence-electron chi connectivity index (χ2n) is 6.53. The first-order valence-corrected chi connectivity index (χ1v) is 9.11. The number of benzene rings is 1. The van der Waals surface area contributed by atoms with Crippen LogP contribution in [0.4, 0.5) is 4.79 Å². The Kier molecular flexibility index (Phi) is 6.01. The fourth-order valence-electron chi connectivity index (χ4n) is 2.98. The Hall–Kier alpha value is -2.96. The molecule has 0 saturated carbocycles. The minimum absolute atomic E-state index is 0.135. The fraction of sp³-hybridized carbons (Fsp3) is 0.400. The molecular weight excluding hydrogens is 346 g/mol. The standard InChI is InChI=1S/C20H25N3O4/c1-15-5-3-6-17(16(15)2)27-14-8-21-20(25)23-11-9-22(10-12-23)19(24)18-7-4-13-26-18/h3-7,13H,8-12,14H2,1-2H3,(H,21,25). The zero-order chi connectivity index (χ0) is 19.2. The average molecular weight is 371 g/mol. The number of carbonyl (C=O) groups is 2. The predicted molar refractivity (Wildman–Crippen MR) is 101 cm³/mol. The van der Waals surface area contributed by atoms with Crippen molar-refractivity contribution in [1.82, 2.24) is 15.1 Å². The lowest BCUT2D eigenvalue weighted by molar-refractivity contribution is 0.0634. The summed E-state index contributed by atoms with van der Waals surface area (Å²) in [6, 6.07) is 9.14. The molecule has 0 atom stereocenters. The molecule has 3 amide bonds. The summed E-state index contributed by atoms with van der Waals surface area (Å²) in [4.78, 5) is 27.9. The Morgan fingerprint density at radius 2 is 1.81 bits per heavy atom. The van der Waals surface area contributed by atoms with Crippen LogP contribution in [0.3, 0.4) is 0 Å². The Balaban J connectivity index is 1.38. The number of furan rings is 1. The quantitative estimate of drug-likeness (QED) is 0.819. The molecule has 1 N–H and O–H groups in total. The summed E-state index contributed by atoms with van der Waals surface area (Å²) >= 11 is 0. The van der Waals surface area contributed by atoms with Crippen molar-refractivity contribution >= 4 is 11.9 Å². The summed E-state index contributed by atoms with van der Waals surface area (Å²) in [6.45, 7) is 6.88. The van der Waals surface area contributed by atoms with E-state index in [1.165, 1.54) is 11.8 Å². The molecule has 0 aliphatic carbocycles. The van der Waals surface area contributed by atoms with Crippen LogP contribution in [0, 0.1) is 13.8 Å². The largest absolute Gasteiger partial charge is 0.491 e. The van der Waals surface area contributed by atoms with Crippen LogP contribution < -0.4 is 10.1 Å². The molecule has 1 aliphatic rings. The third-order valence-electron chi connectivity index (χ3n) is 4.78. The molecule has 2 aromatic rings. The molecule has 0 spiro atoms. The van der Waals surface area contributed by atoms with Gasteiger partial charge in [-0.25, -0.2) is 4.79 Å². The molecule has 7 heteroatoms. The Morgan fingerprint density at radius 1 is 1.07 bits per heavy atom. The second kappa shape index (κ2) is 8.62. The summed E-state index contributed by atoms with van der Waals surface area (Å²) in [5.74, 6) is 1.03. The maximum atomic E-state index is 12.3. The van der Waals surface area contributed by atoms with Crippen LogP contribution in [-0.2, 0) is 0 Å². The number of aryl methyl sites for hydroxylation is 1. The van der Waals surface area contributed by atoms with Crippen LogP contribution in [0.1, 0.15) is 21.7 Å². The highest BCUT2D eigenvalue weighted by molar-refractivity contribution is 5.91. The van der Waals surface area contributed by atoms with Gasteiger partial charge in [0.25, 0.3) is 5.91 Å². The van der Waals surface area contributed by atoms with Crippen molar-refractivity contribution in [3.8, 4) is 5.75 Å². The molecule has 0 unspecified atom stereocenters. The maximum Gasteiger partial charge on any atom is 0.317 e. The molecule has 2 heterocycles. The third-order valence-corrected chi connectivity index (χ3v) is 4.78. The van der Waals surface area contributed by atoms with Crippen LogP contribution in [0.2, 0.25) is 0 Å². The number of urea groups is 1. The van der Waals surface area contributed by atoms with Gasteiger partial charge >= 0.3 is 6.03 Å². The van der Waals surface area contributed by atoms with Crippen LogP contribution in [0.15, 0.2) is 41.0 Å². The van der Waals surface area contributed by atoms with E-state index in [0.717, 1.165) is 11.3 Å². The Bertz CT molecular complexity index is 781. The summed E-state index contributed by atoms with van der Waals surface area (Å²) < 4.78 is 10.9. The van der Waals surface area contributed by atoms with E-state index in [1.54, 1.807) is 21.9 Å². The average Bonchev–Trinajstić information content (AvgIpc) is 3.22. The van der Waals surface area contributed by atoms with Crippen LogP contribution >= 0.6 is 0 Å². The smallest absolute Gasteiger partial charge is 0.317 e. The Labute approximate surface area is 158 Å². The molecule has 7 nitrogen and oxygen atoms in total. The first kappa shape index (κ1) is 18.8. The molecule has 1 aromatic heterocycles. The number of hydrogen-bond donors (Lipinski definition) is 1. The van der Waals surface area contributed by atoms with Crippen LogP contribution in [0.25, 0.3) is 0 Å². The van der Waals surface area contributed by atoms with E-state index in [1.807, 2.05) is 32.0 Å². The topological polar surface area (TPSA) is 75.0 Å². The lowest BCUT2D eigenvalue weighted by atomic mass is 10.1. The van der Waals surface area contributed by atoms with Crippen LogP contribution in [0.5, 0.6) is 5.75 Å². The van der Waals surface area contributed by atoms with Crippen molar-refractivity contribution in [3.63, 3.8) is 0 Å². The van der Waals surface area contributed by atoms with E-state index in [2.05, 4.69) is 5.32 Å². The number of amides is 3. The lowest BCUT2D eigenvalue weighted by Gasteiger charge is -2.34. The normalized spacial score (nSPS) is 14.1. The minimum atomic E-state index is -0.137. The van der Waals surface area contributed by atoms with Gasteiger partial charge in [0.1, 0.15) is 12.4 Å². The van der Waals surface area contributed by atoms with E-state index < -0.39 is 0 Å². The highest BCUT2D eigenvalue weighted by Gasteiger charge is 2.25. The van der Waals surface area contributed by atoms with Gasteiger partial charge < -0.3 is 24.3 Å². The number of hydrogen-bond acceptors (Lipinski definition) is 4. The summed E-state index contributed by atoms with van der Waals surface area (Å²) in [6.07, 6.45) is 1.48. The number of piperazine rings is 1. The lowest BCUT2D eigenvalue weighted by Crippen LogP contribution is -2.53. The molecule has 1 aliphatic heterocycles. The predicted octanol–water partition coefficient (Wildman–Crippen LogP) is 2.44. The SMILES string of the molecule is Cc1cccc(OCCNC(=O)N2CCN(C(=O)c3ccco3)CC2)c1C. The molecule has 1 fully saturated rings. The van der Waals surface area contributed by atoms with Crippen molar-refractivity contribution in [2.45, 2.75) is 13.8 Å². The minimum Gasteiger partial charge on any atom is -0.491 e. The van der Waals surface area contributed by atoms with Gasteiger partial charge in [0.05, 0.1) is 12.8 Å². The van der Waals surface area contributed by atoms with E-state index in [0.29, 0.717) is 45.1 Å². The first-order chi connectivity index (χ1) is 13.1. The number of carbonyl (C=O) groups excluding carboxylic acids is 2. The van der Waals surface area contributed by atoms with Gasteiger partial charge in [0, 0.05) is 26.2 Å². The highest BCUT2D eigenvalue weighted by Crippen LogP contribution is 2.20. The summed E-state index contributed by atoms with van der Waals surface area (Å²) in [5, 5.41) is 2.87. The highest BCUT2D eigenvalue weighted by atomic mass is 16.5. The Morgan fingerprint density at radius 3 is 2.52 bits per heavy atom. The maximum absolute atomic E-state index is 12.3. The molecule has 27 heavy (non-hydrogen) atoms. The second-order valence-corrected chi connectivity index (χ2v) is 6.53. The van der Waals surface area contributed by atoms with Crippen molar-refractivity contribution in [3.05, 3.63) is 53.5 Å². The van der Waals surface area contributed by atoms with Gasteiger partial charge in [-0.3, -0.25) is 4.79 Å². The van der Waals surface area contributed by atoms with Gasteiger partial charge in [-0.05, 0) is 43.2 Å². The summed E-state index contributed by atoms with van der Waals surface area (Å²) in [7, 11) is 0. The van der Waals surface area contributed by atoms with E-state index >= 15 is 0 Å². The number of nitrogens with one attached hydrogen (secondary N) is 1. The van der Waals surface area contributed by atoms with Gasteiger partial charge in [-0.1, -0.05) is 12.1 Å². The van der Waals surface area contributed by atoms with E-state index in [-0.39, 0.29) is 11.9 Å². The van der Waals surface area contributed by atoms with Crippen molar-refractivity contribution in [1.29, 1.82) is 0 Å². The first-order valence-electron chi connectivity index (χ1n) is 9.11. The van der Waals surface area contributed by atoms with E-state index in [9.17, 15) is 9.59 Å². The molecule has 144 valence electrons. The van der Waals surface area contributed by atoms with E-state index in [4.69, 9.17) is 9.15 Å². The molecular formula is C20H25N3O4. The molecule has 0 radical (unpaired) electrons. The van der Waals surface area contributed by atoms with Gasteiger partial charge in [-0.2, -0.15) is 0 Å². The van der Waals surface area contributed by atoms with Crippen molar-refractivity contribution in [2.24, 2.45) is 0 Å². The number of nitrogens with zero attached hydrogens (tertiary/aromatic N) is 2. The molecule has 1 saturated heterocycles. The van der Waals surface area contributed by atoms with Gasteiger partial charge in [0.15, 0.2) is 5.76 Å². The number of ether oxygens (including phenoxy) is 1. The molecule has 0 bridgehead atoms. The third kappa shape index (κ3) is 4.61. The van der Waals surface area contributed by atoms with Crippen LogP contribution in [-0.4, -0.2) is 61.1 Å². The zero-order valence-electron chi connectivity index (χ0n) is 15.7. The monoisotopic (exact) mass is 371 g/mol. The van der Waals surface area contributed by atoms with Gasteiger partial charge in [0.2, 0.25) is 0 Å². The van der Waals surface area contributed by atoms with Crippen molar-refractivity contribution in [2.75, 3.05) is 39.3 Å². The molecule has 1 aromatic carbocycles. The van der Waals surface area contributed by atoms with Crippen molar-refractivity contribution < 1.29 is 18.7 Å². The van der Waals surface area contributed by atoms with Gasteiger partial charge in [-0.15, -0.1) is 0 Å². The summed E-state index contributed by atoms with van der Waals surface area (Å²) in [5.41, 5.74) is 2.29. The molecule has 3 rings (SSSR count).